The molecular weight excluding hydrogens is 204 g/mol. The fourth-order valence-corrected chi connectivity index (χ4v) is 2.07. The van der Waals surface area contributed by atoms with E-state index < -0.39 is 0 Å². The Morgan fingerprint density at radius 3 is 2.62 bits per heavy atom. The maximum Gasteiger partial charge on any atom is 0.291 e. The van der Waals surface area contributed by atoms with Crippen LogP contribution in [0.5, 0.6) is 0 Å². The molecule has 1 heterocycles. The first-order valence-electron chi connectivity index (χ1n) is 5.00. The Balaban J connectivity index is 2.52. The molecule has 1 aliphatic heterocycles. The molecule has 3 rings (SSSR count). The molecule has 0 aromatic heterocycles. The van der Waals surface area contributed by atoms with Crippen LogP contribution in [-0.2, 0) is 5.21 Å². The van der Waals surface area contributed by atoms with E-state index in [1.54, 1.807) is 12.1 Å². The lowest BCUT2D eigenvalue weighted by Crippen LogP contribution is -2.31. The van der Waals surface area contributed by atoms with E-state index in [0.29, 0.717) is 21.2 Å². The van der Waals surface area contributed by atoms with Gasteiger partial charge in [-0.15, -0.1) is 0 Å². The van der Waals surface area contributed by atoms with Gasteiger partial charge < -0.3 is 5.21 Å². The van der Waals surface area contributed by atoms with Gasteiger partial charge in [-0.25, -0.2) is 4.74 Å². The van der Waals surface area contributed by atoms with Crippen LogP contribution >= 0.6 is 0 Å². The number of nitrogens with zero attached hydrogens (tertiary/aromatic N) is 2. The summed E-state index contributed by atoms with van der Waals surface area (Å²) in [6, 6.07) is 10.9. The number of rotatable bonds is 0. The van der Waals surface area contributed by atoms with Gasteiger partial charge in [-0.3, -0.25) is 0 Å². The third-order valence-corrected chi connectivity index (χ3v) is 2.89. The van der Waals surface area contributed by atoms with Crippen LogP contribution in [0.15, 0.2) is 36.4 Å². The molecule has 1 radical (unpaired) electrons. The smallest absolute Gasteiger partial charge is 0.291 e. The van der Waals surface area contributed by atoms with Crippen molar-refractivity contribution >= 4 is 28.0 Å². The minimum atomic E-state index is 0.145. The van der Waals surface area contributed by atoms with Gasteiger partial charge >= 0.3 is 0 Å². The van der Waals surface area contributed by atoms with Crippen molar-refractivity contribution < 1.29 is 9.95 Å². The molecular formula is C12H9N2O2. The summed E-state index contributed by atoms with van der Waals surface area (Å²) in [7, 11) is 0. The minimum absolute atomic E-state index is 0.145. The first-order valence-corrected chi connectivity index (χ1v) is 5.00. The molecule has 0 aliphatic carbocycles. The van der Waals surface area contributed by atoms with E-state index in [0.717, 1.165) is 10.8 Å². The van der Waals surface area contributed by atoms with E-state index in [2.05, 4.69) is 0 Å². The van der Waals surface area contributed by atoms with Crippen molar-refractivity contribution in [1.29, 1.82) is 0 Å². The predicted molar refractivity (Wildman–Crippen MR) is 61.1 cm³/mol. The van der Waals surface area contributed by atoms with Crippen molar-refractivity contribution in [2.75, 3.05) is 5.06 Å². The van der Waals surface area contributed by atoms with Gasteiger partial charge in [0.2, 0.25) is 0 Å². The van der Waals surface area contributed by atoms with E-state index in [4.69, 9.17) is 0 Å². The number of anilines is 1. The van der Waals surface area contributed by atoms with Gasteiger partial charge in [0.1, 0.15) is 5.69 Å². The van der Waals surface area contributed by atoms with Crippen LogP contribution in [0.25, 0.3) is 10.8 Å². The maximum absolute atomic E-state index is 11.9. The first kappa shape index (κ1) is 9.18. The summed E-state index contributed by atoms with van der Waals surface area (Å²) in [6.07, 6.45) is 0. The third kappa shape index (κ3) is 0.991. The van der Waals surface area contributed by atoms with Crippen molar-refractivity contribution in [2.24, 2.45) is 0 Å². The zero-order valence-corrected chi connectivity index (χ0v) is 8.68. The molecule has 0 unspecified atom stereocenters. The second-order valence-corrected chi connectivity index (χ2v) is 3.79. The van der Waals surface area contributed by atoms with Crippen LogP contribution < -0.4 is 5.06 Å². The van der Waals surface area contributed by atoms with Gasteiger partial charge in [0.15, 0.2) is 5.69 Å². The summed E-state index contributed by atoms with van der Waals surface area (Å²) in [5.41, 5.74) is 1.08. The summed E-state index contributed by atoms with van der Waals surface area (Å²) in [5, 5.41) is 26.0. The monoisotopic (exact) mass is 213 g/mol. The van der Waals surface area contributed by atoms with Crippen LogP contribution in [0.1, 0.15) is 6.92 Å². The van der Waals surface area contributed by atoms with E-state index in [9.17, 15) is 10.4 Å². The standard InChI is InChI=1S/C12H9N2O2/c1-8-13(15)10-6-2-4-9-5-3-7-11(12(9)10)14(8)16/h2-7H,1H3. The Kier molecular flexibility index (Phi) is 1.70. The average Bonchev–Trinajstić information content (AvgIpc) is 2.33. The van der Waals surface area contributed by atoms with Crippen molar-refractivity contribution in [3.63, 3.8) is 0 Å². The summed E-state index contributed by atoms with van der Waals surface area (Å²) >= 11 is 0. The van der Waals surface area contributed by atoms with Crippen LogP contribution in [0, 0.1) is 5.21 Å². The fraction of sp³-hybridized carbons (Fsp3) is 0.0833. The van der Waals surface area contributed by atoms with Gasteiger partial charge in [0.05, 0.1) is 5.39 Å². The topological polar surface area (TPSA) is 49.2 Å². The Morgan fingerprint density at radius 1 is 1.19 bits per heavy atom. The highest BCUT2D eigenvalue weighted by Crippen LogP contribution is 2.37. The third-order valence-electron chi connectivity index (χ3n) is 2.89. The lowest BCUT2D eigenvalue weighted by atomic mass is 10.1. The van der Waals surface area contributed by atoms with E-state index in [-0.39, 0.29) is 5.84 Å². The van der Waals surface area contributed by atoms with Crippen molar-refractivity contribution in [1.82, 2.24) is 0 Å². The van der Waals surface area contributed by atoms with Crippen LogP contribution in [0.2, 0.25) is 0 Å². The summed E-state index contributed by atoms with van der Waals surface area (Å²) in [4.78, 5) is 0. The highest BCUT2D eigenvalue weighted by atomic mass is 16.5. The normalized spacial score (nSPS) is 14.8. The molecule has 0 atom stereocenters. The zero-order chi connectivity index (χ0) is 11.3. The highest BCUT2D eigenvalue weighted by Gasteiger charge is 2.29. The zero-order valence-electron chi connectivity index (χ0n) is 8.68. The molecule has 4 nitrogen and oxygen atoms in total. The van der Waals surface area contributed by atoms with Crippen molar-refractivity contribution in [3.05, 3.63) is 41.6 Å². The lowest BCUT2D eigenvalue weighted by Gasteiger charge is -2.22. The SMILES string of the molecule is CC1=[N+]([O-])c2cccc3cccc(c23)N1[O]. The minimum Gasteiger partial charge on any atom is -0.710 e. The quantitative estimate of drug-likeness (QED) is 0.498. The van der Waals surface area contributed by atoms with Crippen LogP contribution in [0.3, 0.4) is 0 Å². The van der Waals surface area contributed by atoms with Crippen molar-refractivity contribution in [2.45, 2.75) is 6.92 Å². The predicted octanol–water partition coefficient (Wildman–Crippen LogP) is 2.57. The number of benzene rings is 2. The van der Waals surface area contributed by atoms with Crippen molar-refractivity contribution in [3.8, 4) is 0 Å². The van der Waals surface area contributed by atoms with Gasteiger partial charge in [-0.2, -0.15) is 0 Å². The summed E-state index contributed by atoms with van der Waals surface area (Å²) in [5.74, 6) is 0.145. The first-order chi connectivity index (χ1) is 7.70. The molecule has 0 N–H and O–H groups in total. The van der Waals surface area contributed by atoms with E-state index in [1.165, 1.54) is 6.92 Å². The highest BCUT2D eigenvalue weighted by molar-refractivity contribution is 6.09. The molecule has 0 amide bonds. The van der Waals surface area contributed by atoms with E-state index in [1.807, 2.05) is 24.3 Å². The molecule has 2 aromatic rings. The molecule has 4 heteroatoms. The van der Waals surface area contributed by atoms with Gasteiger partial charge in [0, 0.05) is 12.1 Å². The molecule has 0 saturated carbocycles. The Bertz CT molecular complexity index is 614. The number of hydroxylamine groups is 1. The van der Waals surface area contributed by atoms with Gasteiger partial charge in [-0.05, 0) is 22.6 Å². The summed E-state index contributed by atoms with van der Waals surface area (Å²) in [6.45, 7) is 1.52. The summed E-state index contributed by atoms with van der Waals surface area (Å²) < 4.78 is 0.683. The molecule has 16 heavy (non-hydrogen) atoms. The van der Waals surface area contributed by atoms with Gasteiger partial charge in [-0.1, -0.05) is 24.3 Å². The average molecular weight is 213 g/mol. The number of hydrogen-bond donors (Lipinski definition) is 0. The lowest BCUT2D eigenvalue weighted by molar-refractivity contribution is -0.364. The maximum atomic E-state index is 11.9. The fourth-order valence-electron chi connectivity index (χ4n) is 2.07. The molecule has 0 saturated heterocycles. The molecule has 1 aliphatic rings. The van der Waals surface area contributed by atoms with Crippen LogP contribution in [-0.4, -0.2) is 10.6 Å². The molecule has 0 bridgehead atoms. The number of amidine groups is 1. The Morgan fingerprint density at radius 2 is 1.88 bits per heavy atom. The molecule has 2 aromatic carbocycles. The largest absolute Gasteiger partial charge is 0.710 e. The van der Waals surface area contributed by atoms with Gasteiger partial charge in [0.25, 0.3) is 5.84 Å². The second kappa shape index (κ2) is 2.96. The molecule has 0 fully saturated rings. The molecule has 0 spiro atoms. The Labute approximate surface area is 92.2 Å². The van der Waals surface area contributed by atoms with E-state index >= 15 is 0 Å². The second-order valence-electron chi connectivity index (χ2n) is 3.79. The Hall–Kier alpha value is -2.07. The molecule has 79 valence electrons. The number of hydrogen-bond acceptors (Lipinski definition) is 2. The van der Waals surface area contributed by atoms with Crippen LogP contribution in [0.4, 0.5) is 11.4 Å².